The molecule has 0 aromatic heterocycles. The van der Waals surface area contributed by atoms with E-state index in [1.807, 2.05) is 0 Å². The minimum absolute atomic E-state index is 0.101. The lowest BCUT2D eigenvalue weighted by Gasteiger charge is -2.20. The third-order valence-corrected chi connectivity index (χ3v) is 3.62. The number of benzene rings is 1. The maximum atomic E-state index is 11.4. The van der Waals surface area contributed by atoms with E-state index < -0.39 is 10.0 Å². The highest BCUT2D eigenvalue weighted by Gasteiger charge is 2.19. The Kier molecular flexibility index (Phi) is 3.02. The van der Waals surface area contributed by atoms with Gasteiger partial charge in [-0.3, -0.25) is 0 Å². The Morgan fingerprint density at radius 3 is 2.81 bits per heavy atom. The molecule has 6 heteroatoms. The van der Waals surface area contributed by atoms with E-state index in [0.29, 0.717) is 30.3 Å². The maximum Gasteiger partial charge on any atom is 0.215 e. The molecule has 5 nitrogen and oxygen atoms in total. The Labute approximate surface area is 94.4 Å². The largest absolute Gasteiger partial charge is 0.486 e. The van der Waals surface area contributed by atoms with Gasteiger partial charge in [0.15, 0.2) is 11.5 Å². The second-order valence-corrected chi connectivity index (χ2v) is 5.33. The second-order valence-electron chi connectivity index (χ2n) is 3.40. The molecule has 0 fully saturated rings. The molecule has 1 aliphatic rings. The molecule has 2 rings (SSSR count). The molecule has 0 atom stereocenters. The van der Waals surface area contributed by atoms with Gasteiger partial charge in [-0.2, -0.15) is 0 Å². The van der Waals surface area contributed by atoms with Crippen LogP contribution >= 0.6 is 0 Å². The molecule has 0 aliphatic carbocycles. The van der Waals surface area contributed by atoms with Crippen LogP contribution in [0.25, 0.3) is 0 Å². The van der Waals surface area contributed by atoms with Gasteiger partial charge in [-0.1, -0.05) is 12.1 Å². The van der Waals surface area contributed by atoms with Crippen LogP contribution < -0.4 is 14.2 Å². The SMILES string of the molecule is CNS(=O)(=O)Cc1cccc2c1OCCO2. The van der Waals surface area contributed by atoms with E-state index in [4.69, 9.17) is 9.47 Å². The van der Waals surface area contributed by atoms with Crippen LogP contribution in [-0.4, -0.2) is 28.7 Å². The zero-order valence-corrected chi connectivity index (χ0v) is 9.71. The summed E-state index contributed by atoms with van der Waals surface area (Å²) >= 11 is 0. The number of rotatable bonds is 3. The summed E-state index contributed by atoms with van der Waals surface area (Å²) in [5.41, 5.74) is 0.617. The topological polar surface area (TPSA) is 64.6 Å². The van der Waals surface area contributed by atoms with E-state index in [9.17, 15) is 8.42 Å². The number of nitrogens with one attached hydrogen (secondary N) is 1. The number of fused-ring (bicyclic) bond motifs is 1. The summed E-state index contributed by atoms with van der Waals surface area (Å²) in [4.78, 5) is 0. The normalized spacial score (nSPS) is 14.8. The third-order valence-electron chi connectivity index (χ3n) is 2.30. The number of hydrogen-bond acceptors (Lipinski definition) is 4. The summed E-state index contributed by atoms with van der Waals surface area (Å²) in [7, 11) is -1.90. The molecule has 0 bridgehead atoms. The van der Waals surface area contributed by atoms with Crippen LogP contribution in [-0.2, 0) is 15.8 Å². The molecule has 1 heterocycles. The second kappa shape index (κ2) is 4.31. The quantitative estimate of drug-likeness (QED) is 0.840. The zero-order chi connectivity index (χ0) is 11.6. The van der Waals surface area contributed by atoms with Crippen molar-refractivity contribution in [1.29, 1.82) is 0 Å². The average molecular weight is 243 g/mol. The first-order chi connectivity index (χ1) is 7.62. The highest BCUT2D eigenvalue weighted by Crippen LogP contribution is 2.34. The van der Waals surface area contributed by atoms with E-state index in [1.165, 1.54) is 7.05 Å². The molecule has 88 valence electrons. The Hall–Kier alpha value is -1.27. The summed E-state index contributed by atoms with van der Waals surface area (Å²) in [6.45, 7) is 0.943. The lowest BCUT2D eigenvalue weighted by Crippen LogP contribution is -2.22. The first-order valence-electron chi connectivity index (χ1n) is 4.91. The van der Waals surface area contributed by atoms with Gasteiger partial charge in [-0.05, 0) is 13.1 Å². The summed E-state index contributed by atoms with van der Waals surface area (Å²) < 4.78 is 36.0. The molecule has 1 N–H and O–H groups in total. The Morgan fingerprint density at radius 1 is 1.31 bits per heavy atom. The Balaban J connectivity index is 2.35. The molecule has 0 saturated carbocycles. The van der Waals surface area contributed by atoms with E-state index in [-0.39, 0.29) is 5.75 Å². The van der Waals surface area contributed by atoms with Crippen molar-refractivity contribution in [1.82, 2.24) is 4.72 Å². The van der Waals surface area contributed by atoms with Crippen molar-refractivity contribution in [3.05, 3.63) is 23.8 Å². The van der Waals surface area contributed by atoms with Gasteiger partial charge in [0.25, 0.3) is 0 Å². The van der Waals surface area contributed by atoms with E-state index in [2.05, 4.69) is 4.72 Å². The summed E-state index contributed by atoms with van der Waals surface area (Å²) in [5.74, 6) is 1.04. The van der Waals surface area contributed by atoms with Gasteiger partial charge >= 0.3 is 0 Å². The van der Waals surface area contributed by atoms with E-state index in [1.54, 1.807) is 18.2 Å². The average Bonchev–Trinajstić information content (AvgIpc) is 2.29. The van der Waals surface area contributed by atoms with Gasteiger partial charge in [0.2, 0.25) is 10.0 Å². The van der Waals surface area contributed by atoms with Crippen LogP contribution in [0.5, 0.6) is 11.5 Å². The van der Waals surface area contributed by atoms with Crippen LogP contribution in [0.4, 0.5) is 0 Å². The van der Waals surface area contributed by atoms with Crippen molar-refractivity contribution in [2.45, 2.75) is 5.75 Å². The molecule has 1 aliphatic heterocycles. The van der Waals surface area contributed by atoms with E-state index >= 15 is 0 Å². The van der Waals surface area contributed by atoms with Gasteiger partial charge in [-0.25, -0.2) is 13.1 Å². The highest BCUT2D eigenvalue weighted by atomic mass is 32.2. The standard InChI is InChI=1S/C10H13NO4S/c1-11-16(12,13)7-8-3-2-4-9-10(8)15-6-5-14-9/h2-4,11H,5-7H2,1H3. The lowest BCUT2D eigenvalue weighted by molar-refractivity contribution is 0.170. The maximum absolute atomic E-state index is 11.4. The van der Waals surface area contributed by atoms with Crippen molar-refractivity contribution in [3.63, 3.8) is 0 Å². The molecule has 0 spiro atoms. The molecule has 0 unspecified atom stereocenters. The summed E-state index contributed by atoms with van der Waals surface area (Å²) in [5, 5.41) is 0. The lowest BCUT2D eigenvalue weighted by atomic mass is 10.2. The van der Waals surface area contributed by atoms with Crippen LogP contribution in [0, 0.1) is 0 Å². The first-order valence-corrected chi connectivity index (χ1v) is 6.56. The number of sulfonamides is 1. The van der Waals surface area contributed by atoms with Crippen molar-refractivity contribution < 1.29 is 17.9 Å². The monoisotopic (exact) mass is 243 g/mol. The van der Waals surface area contributed by atoms with Gasteiger partial charge in [0.05, 0.1) is 5.75 Å². The van der Waals surface area contributed by atoms with Gasteiger partial charge in [0.1, 0.15) is 13.2 Å². The van der Waals surface area contributed by atoms with Crippen molar-refractivity contribution in [3.8, 4) is 11.5 Å². The molecule has 1 aromatic rings. The predicted molar refractivity (Wildman–Crippen MR) is 59.1 cm³/mol. The first kappa shape index (κ1) is 11.2. The number of ether oxygens (including phenoxy) is 2. The van der Waals surface area contributed by atoms with Crippen LogP contribution in [0.3, 0.4) is 0 Å². The molecule has 1 aromatic carbocycles. The van der Waals surface area contributed by atoms with Crippen LogP contribution in [0.15, 0.2) is 18.2 Å². The smallest absolute Gasteiger partial charge is 0.215 e. The molecule has 0 radical (unpaired) electrons. The van der Waals surface area contributed by atoms with Gasteiger partial charge in [-0.15, -0.1) is 0 Å². The Bertz CT molecular complexity index is 484. The Morgan fingerprint density at radius 2 is 2.06 bits per heavy atom. The molecule has 16 heavy (non-hydrogen) atoms. The zero-order valence-electron chi connectivity index (χ0n) is 8.89. The minimum atomic E-state index is -3.29. The number of hydrogen-bond donors (Lipinski definition) is 1. The molecular formula is C10H13NO4S. The fraction of sp³-hybridized carbons (Fsp3) is 0.400. The molecular weight excluding hydrogens is 230 g/mol. The summed E-state index contributed by atoms with van der Waals surface area (Å²) in [6, 6.07) is 5.25. The summed E-state index contributed by atoms with van der Waals surface area (Å²) in [6.07, 6.45) is 0. The predicted octanol–water partition coefficient (Wildman–Crippen LogP) is 0.507. The molecule has 0 amide bonds. The van der Waals surface area contributed by atoms with Crippen LogP contribution in [0.2, 0.25) is 0 Å². The van der Waals surface area contributed by atoms with Crippen molar-refractivity contribution in [2.75, 3.05) is 20.3 Å². The van der Waals surface area contributed by atoms with Gasteiger partial charge in [0, 0.05) is 5.56 Å². The number of para-hydroxylation sites is 1. The van der Waals surface area contributed by atoms with Crippen molar-refractivity contribution in [2.24, 2.45) is 0 Å². The van der Waals surface area contributed by atoms with Crippen molar-refractivity contribution >= 4 is 10.0 Å². The fourth-order valence-electron chi connectivity index (χ4n) is 1.52. The molecule has 0 saturated heterocycles. The third kappa shape index (κ3) is 2.28. The van der Waals surface area contributed by atoms with E-state index in [0.717, 1.165) is 0 Å². The van der Waals surface area contributed by atoms with Gasteiger partial charge < -0.3 is 9.47 Å². The van der Waals surface area contributed by atoms with Crippen LogP contribution in [0.1, 0.15) is 5.56 Å². The fourth-order valence-corrected chi connectivity index (χ4v) is 2.31. The minimum Gasteiger partial charge on any atom is -0.486 e. The highest BCUT2D eigenvalue weighted by molar-refractivity contribution is 7.88.